The minimum absolute atomic E-state index is 0.0181. The number of aromatic nitrogens is 1. The van der Waals surface area contributed by atoms with Crippen LogP contribution in [0.3, 0.4) is 0 Å². The van der Waals surface area contributed by atoms with Crippen LogP contribution >= 0.6 is 0 Å². The zero-order valence-electron chi connectivity index (χ0n) is 18.9. The van der Waals surface area contributed by atoms with Crippen molar-refractivity contribution in [2.24, 2.45) is 0 Å². The molecule has 4 aromatic rings. The molecule has 2 nitrogen and oxygen atoms in total. The van der Waals surface area contributed by atoms with Crippen LogP contribution < -0.4 is 10.4 Å². The third kappa shape index (κ3) is 4.08. The SMILES string of the molecule is C[C@H](CO[Si](c1ccccc1)(c1ccccc1)C(C)(C)C)c1ccnc2ccccc12. The lowest BCUT2D eigenvalue weighted by Crippen LogP contribution is -2.66. The number of benzene rings is 3. The highest BCUT2D eigenvalue weighted by molar-refractivity contribution is 6.99. The Balaban J connectivity index is 1.76. The van der Waals surface area contributed by atoms with Gasteiger partial charge in [-0.05, 0) is 33.1 Å². The molecule has 31 heavy (non-hydrogen) atoms. The maximum Gasteiger partial charge on any atom is 0.261 e. The Hall–Kier alpha value is -2.75. The van der Waals surface area contributed by atoms with Gasteiger partial charge in [0.25, 0.3) is 8.32 Å². The minimum Gasteiger partial charge on any atom is -0.407 e. The first-order valence-corrected chi connectivity index (χ1v) is 12.9. The summed E-state index contributed by atoms with van der Waals surface area (Å²) in [5.74, 6) is 0.259. The molecule has 1 aromatic heterocycles. The molecule has 0 amide bonds. The summed E-state index contributed by atoms with van der Waals surface area (Å²) in [6, 6.07) is 32.2. The number of nitrogens with zero attached hydrogens (tertiary/aromatic N) is 1. The van der Waals surface area contributed by atoms with E-state index in [4.69, 9.17) is 4.43 Å². The first-order chi connectivity index (χ1) is 14.9. The van der Waals surface area contributed by atoms with Crippen LogP contribution in [0.5, 0.6) is 0 Å². The molecule has 3 aromatic carbocycles. The fourth-order valence-electron chi connectivity index (χ4n) is 4.65. The average molecular weight is 426 g/mol. The van der Waals surface area contributed by atoms with E-state index in [1.54, 1.807) is 0 Å². The van der Waals surface area contributed by atoms with Crippen molar-refractivity contribution in [1.29, 1.82) is 0 Å². The van der Waals surface area contributed by atoms with E-state index in [0.717, 1.165) is 5.52 Å². The molecule has 0 N–H and O–H groups in total. The summed E-state index contributed by atoms with van der Waals surface area (Å²) in [4.78, 5) is 4.54. The fraction of sp³-hybridized carbons (Fsp3) is 0.250. The van der Waals surface area contributed by atoms with Gasteiger partial charge in [0, 0.05) is 24.1 Å². The number of para-hydroxylation sites is 1. The first kappa shape index (κ1) is 21.5. The second-order valence-corrected chi connectivity index (χ2v) is 13.6. The van der Waals surface area contributed by atoms with Crippen LogP contribution in [0, 0.1) is 0 Å². The quantitative estimate of drug-likeness (QED) is 0.358. The molecule has 0 unspecified atom stereocenters. The van der Waals surface area contributed by atoms with E-state index in [-0.39, 0.29) is 11.0 Å². The first-order valence-electron chi connectivity index (χ1n) is 11.0. The second kappa shape index (κ2) is 8.78. The van der Waals surface area contributed by atoms with Crippen molar-refractivity contribution in [2.45, 2.75) is 38.7 Å². The summed E-state index contributed by atoms with van der Waals surface area (Å²) < 4.78 is 7.15. The summed E-state index contributed by atoms with van der Waals surface area (Å²) >= 11 is 0. The molecule has 0 fully saturated rings. The lowest BCUT2D eigenvalue weighted by molar-refractivity contribution is 0.278. The smallest absolute Gasteiger partial charge is 0.261 e. The van der Waals surface area contributed by atoms with Crippen LogP contribution in [-0.4, -0.2) is 19.9 Å². The Morgan fingerprint density at radius 3 is 1.90 bits per heavy atom. The number of pyridine rings is 1. The van der Waals surface area contributed by atoms with Crippen molar-refractivity contribution in [2.75, 3.05) is 6.61 Å². The molecule has 158 valence electrons. The van der Waals surface area contributed by atoms with Gasteiger partial charge in [0.15, 0.2) is 0 Å². The zero-order valence-corrected chi connectivity index (χ0v) is 19.9. The van der Waals surface area contributed by atoms with Crippen LogP contribution in [0.15, 0.2) is 97.2 Å². The molecule has 4 rings (SSSR count). The third-order valence-corrected chi connectivity index (χ3v) is 11.2. The second-order valence-electron chi connectivity index (χ2n) is 9.29. The Morgan fingerprint density at radius 1 is 0.774 bits per heavy atom. The standard InChI is InChI=1S/C28H31NOSi/c1-22(25-19-20-29-27-18-12-11-17-26(25)27)21-30-31(28(2,3)4,23-13-7-5-8-14-23)24-15-9-6-10-16-24/h5-20,22H,21H2,1-4H3/t22-/m1/s1. The molecule has 1 atom stereocenters. The third-order valence-electron chi connectivity index (χ3n) is 6.18. The van der Waals surface area contributed by atoms with Gasteiger partial charge in [0.05, 0.1) is 5.52 Å². The molecule has 0 radical (unpaired) electrons. The molecule has 0 aliphatic heterocycles. The Bertz CT molecular complexity index is 1090. The Labute approximate surface area is 187 Å². The predicted octanol–water partition coefficient (Wildman–Crippen LogP) is 5.91. The van der Waals surface area contributed by atoms with Gasteiger partial charge in [-0.15, -0.1) is 0 Å². The van der Waals surface area contributed by atoms with Gasteiger partial charge in [-0.25, -0.2) is 0 Å². The van der Waals surface area contributed by atoms with Crippen molar-refractivity contribution in [1.82, 2.24) is 4.98 Å². The van der Waals surface area contributed by atoms with Crippen molar-refractivity contribution in [3.8, 4) is 0 Å². The number of hydrogen-bond acceptors (Lipinski definition) is 2. The largest absolute Gasteiger partial charge is 0.407 e. The molecule has 0 spiro atoms. The van der Waals surface area contributed by atoms with E-state index in [1.165, 1.54) is 21.3 Å². The number of hydrogen-bond donors (Lipinski definition) is 0. The van der Waals surface area contributed by atoms with E-state index in [1.807, 2.05) is 12.3 Å². The van der Waals surface area contributed by atoms with Gasteiger partial charge < -0.3 is 4.43 Å². The van der Waals surface area contributed by atoms with Crippen LogP contribution in [0.4, 0.5) is 0 Å². The monoisotopic (exact) mass is 425 g/mol. The Morgan fingerprint density at radius 2 is 1.32 bits per heavy atom. The normalized spacial score (nSPS) is 13.3. The van der Waals surface area contributed by atoms with E-state index in [2.05, 4.69) is 118 Å². The molecular formula is C28H31NOSi. The van der Waals surface area contributed by atoms with Crippen LogP contribution in [-0.2, 0) is 4.43 Å². The van der Waals surface area contributed by atoms with E-state index < -0.39 is 8.32 Å². The van der Waals surface area contributed by atoms with E-state index in [9.17, 15) is 0 Å². The van der Waals surface area contributed by atoms with E-state index in [0.29, 0.717) is 6.61 Å². The van der Waals surface area contributed by atoms with Crippen LogP contribution in [0.25, 0.3) is 10.9 Å². The lowest BCUT2D eigenvalue weighted by Gasteiger charge is -2.43. The molecule has 3 heteroatoms. The van der Waals surface area contributed by atoms with Gasteiger partial charge in [-0.2, -0.15) is 0 Å². The topological polar surface area (TPSA) is 22.1 Å². The molecule has 0 aliphatic rings. The highest BCUT2D eigenvalue weighted by atomic mass is 28.4. The van der Waals surface area contributed by atoms with Gasteiger partial charge >= 0.3 is 0 Å². The summed E-state index contributed by atoms with van der Waals surface area (Å²) in [6.45, 7) is 9.91. The molecule has 0 saturated heterocycles. The van der Waals surface area contributed by atoms with Crippen molar-refractivity contribution < 1.29 is 4.43 Å². The summed E-state index contributed by atoms with van der Waals surface area (Å²) in [7, 11) is -2.53. The van der Waals surface area contributed by atoms with Crippen molar-refractivity contribution in [3.63, 3.8) is 0 Å². The van der Waals surface area contributed by atoms with Gasteiger partial charge in [-0.1, -0.05) is 107 Å². The highest BCUT2D eigenvalue weighted by Gasteiger charge is 2.50. The lowest BCUT2D eigenvalue weighted by atomic mass is 9.98. The van der Waals surface area contributed by atoms with Crippen molar-refractivity contribution in [3.05, 3.63) is 103 Å². The summed E-state index contributed by atoms with van der Waals surface area (Å²) in [5, 5.41) is 3.83. The predicted molar refractivity (Wildman–Crippen MR) is 134 cm³/mol. The maximum absolute atomic E-state index is 7.15. The average Bonchev–Trinajstić information content (AvgIpc) is 2.79. The Kier molecular flexibility index (Phi) is 6.08. The minimum atomic E-state index is -2.53. The zero-order chi connectivity index (χ0) is 21.9. The van der Waals surface area contributed by atoms with Crippen molar-refractivity contribution >= 4 is 29.6 Å². The molecule has 0 aliphatic carbocycles. The number of fused-ring (bicyclic) bond motifs is 1. The molecule has 0 bridgehead atoms. The molecule has 0 saturated carbocycles. The molecule has 1 heterocycles. The summed E-state index contributed by atoms with van der Waals surface area (Å²) in [5.41, 5.74) is 2.33. The van der Waals surface area contributed by atoms with Gasteiger partial charge in [0.2, 0.25) is 0 Å². The highest BCUT2D eigenvalue weighted by Crippen LogP contribution is 2.37. The van der Waals surface area contributed by atoms with Crippen LogP contribution in [0.1, 0.15) is 39.2 Å². The van der Waals surface area contributed by atoms with Gasteiger partial charge in [-0.3, -0.25) is 4.98 Å². The fourth-order valence-corrected chi connectivity index (χ4v) is 9.30. The van der Waals surface area contributed by atoms with Gasteiger partial charge in [0.1, 0.15) is 0 Å². The number of rotatable bonds is 6. The van der Waals surface area contributed by atoms with Crippen LogP contribution in [0.2, 0.25) is 5.04 Å². The van der Waals surface area contributed by atoms with E-state index >= 15 is 0 Å². The summed E-state index contributed by atoms with van der Waals surface area (Å²) in [6.07, 6.45) is 1.91. The molecular weight excluding hydrogens is 394 g/mol. The maximum atomic E-state index is 7.15.